The molecule has 3 aromatic rings. The average Bonchev–Trinajstić information content (AvgIpc) is 2.76. The Bertz CT molecular complexity index is 1040. The van der Waals surface area contributed by atoms with E-state index in [1.807, 2.05) is 30.3 Å². The van der Waals surface area contributed by atoms with Crippen LogP contribution >= 0.6 is 0 Å². The molecular weight excluding hydrogens is 377 g/mol. The molecule has 4 nitrogen and oxygen atoms in total. The number of carbonyl (C=O) groups excluding carboxylic acids is 1. The minimum Gasteiger partial charge on any atom is -0.383 e. The standard InChI is InChI=1S/C25H28FN3O/c26-22-8-4-7-18(15-22)19-9-11-23-21(13-19)14-20(25(27)29-23)10-12-24(30)28-16-17-5-2-1-3-6-17/h4,7-9,11,13-15,17H,1-3,5-6,10,12,16H2,(H2,27,29)(H,28,30). The summed E-state index contributed by atoms with van der Waals surface area (Å²) in [7, 11) is 0. The van der Waals surface area contributed by atoms with Gasteiger partial charge < -0.3 is 11.1 Å². The number of nitrogen functional groups attached to an aromatic ring is 1. The first kappa shape index (κ1) is 20.3. The van der Waals surface area contributed by atoms with Gasteiger partial charge in [0.05, 0.1) is 5.52 Å². The first-order valence-corrected chi connectivity index (χ1v) is 10.8. The van der Waals surface area contributed by atoms with E-state index in [-0.39, 0.29) is 11.7 Å². The zero-order valence-corrected chi connectivity index (χ0v) is 17.2. The van der Waals surface area contributed by atoms with E-state index < -0.39 is 0 Å². The van der Waals surface area contributed by atoms with Crippen LogP contribution in [0.1, 0.15) is 44.1 Å². The summed E-state index contributed by atoms with van der Waals surface area (Å²) < 4.78 is 13.6. The SMILES string of the molecule is Nc1nc2ccc(-c3cccc(F)c3)cc2cc1CCC(=O)NCC1CCCCC1. The van der Waals surface area contributed by atoms with Gasteiger partial charge in [-0.2, -0.15) is 0 Å². The van der Waals surface area contributed by atoms with Gasteiger partial charge >= 0.3 is 0 Å². The highest BCUT2D eigenvalue weighted by atomic mass is 19.1. The Kier molecular flexibility index (Phi) is 6.26. The Balaban J connectivity index is 1.44. The Labute approximate surface area is 176 Å². The lowest BCUT2D eigenvalue weighted by molar-refractivity contribution is -0.121. The Morgan fingerprint density at radius 2 is 1.87 bits per heavy atom. The molecule has 30 heavy (non-hydrogen) atoms. The van der Waals surface area contributed by atoms with Gasteiger partial charge in [0, 0.05) is 18.4 Å². The number of amides is 1. The number of benzene rings is 2. The van der Waals surface area contributed by atoms with Crippen LogP contribution in [0.4, 0.5) is 10.2 Å². The van der Waals surface area contributed by atoms with Crippen LogP contribution in [-0.4, -0.2) is 17.4 Å². The lowest BCUT2D eigenvalue weighted by Crippen LogP contribution is -2.30. The maximum atomic E-state index is 13.6. The van der Waals surface area contributed by atoms with E-state index in [1.165, 1.54) is 44.2 Å². The quantitative estimate of drug-likeness (QED) is 0.588. The highest BCUT2D eigenvalue weighted by molar-refractivity contribution is 5.86. The molecule has 0 atom stereocenters. The third-order valence-corrected chi connectivity index (χ3v) is 6.02. The minimum absolute atomic E-state index is 0.0635. The maximum Gasteiger partial charge on any atom is 0.220 e. The first-order valence-electron chi connectivity index (χ1n) is 10.8. The molecule has 0 bridgehead atoms. The van der Waals surface area contributed by atoms with Crippen molar-refractivity contribution in [1.29, 1.82) is 0 Å². The van der Waals surface area contributed by atoms with Crippen LogP contribution in [0.2, 0.25) is 0 Å². The first-order chi connectivity index (χ1) is 14.6. The summed E-state index contributed by atoms with van der Waals surface area (Å²) in [6, 6.07) is 14.3. The maximum absolute atomic E-state index is 13.6. The van der Waals surface area contributed by atoms with Crippen LogP contribution in [0.5, 0.6) is 0 Å². The van der Waals surface area contributed by atoms with Gasteiger partial charge in [0.2, 0.25) is 5.91 Å². The van der Waals surface area contributed by atoms with Gasteiger partial charge in [0.15, 0.2) is 0 Å². The van der Waals surface area contributed by atoms with Crippen LogP contribution in [-0.2, 0) is 11.2 Å². The van der Waals surface area contributed by atoms with Gasteiger partial charge in [0.1, 0.15) is 11.6 Å². The Morgan fingerprint density at radius 1 is 1.07 bits per heavy atom. The predicted octanol–water partition coefficient (Wildman–Crippen LogP) is 5.25. The molecule has 0 radical (unpaired) electrons. The molecule has 1 fully saturated rings. The zero-order valence-electron chi connectivity index (χ0n) is 17.2. The number of fused-ring (bicyclic) bond motifs is 1. The summed E-state index contributed by atoms with van der Waals surface area (Å²) in [5.74, 6) is 0.883. The number of anilines is 1. The van der Waals surface area contributed by atoms with Crippen molar-refractivity contribution >= 4 is 22.6 Å². The van der Waals surface area contributed by atoms with Crippen LogP contribution in [0.3, 0.4) is 0 Å². The van der Waals surface area contributed by atoms with Gasteiger partial charge in [-0.1, -0.05) is 37.5 Å². The molecule has 1 aromatic heterocycles. The van der Waals surface area contributed by atoms with Crippen molar-refractivity contribution in [2.75, 3.05) is 12.3 Å². The molecule has 4 rings (SSSR count). The number of nitrogens with one attached hydrogen (secondary N) is 1. The second-order valence-corrected chi connectivity index (χ2v) is 8.26. The van der Waals surface area contributed by atoms with Gasteiger partial charge in [-0.3, -0.25) is 4.79 Å². The van der Waals surface area contributed by atoms with Crippen molar-refractivity contribution in [3.8, 4) is 11.1 Å². The van der Waals surface area contributed by atoms with E-state index in [1.54, 1.807) is 6.07 Å². The highest BCUT2D eigenvalue weighted by Crippen LogP contribution is 2.27. The fraction of sp³-hybridized carbons (Fsp3) is 0.360. The Morgan fingerprint density at radius 3 is 2.67 bits per heavy atom. The molecule has 1 aliphatic rings. The van der Waals surface area contributed by atoms with E-state index in [2.05, 4.69) is 10.3 Å². The van der Waals surface area contributed by atoms with Gasteiger partial charge in [-0.05, 0) is 72.2 Å². The lowest BCUT2D eigenvalue weighted by atomic mass is 9.89. The van der Waals surface area contributed by atoms with Crippen molar-refractivity contribution in [3.05, 3.63) is 59.9 Å². The molecule has 0 spiro atoms. The number of pyridine rings is 1. The number of nitrogens with zero attached hydrogens (tertiary/aromatic N) is 1. The summed E-state index contributed by atoms with van der Waals surface area (Å²) in [6.45, 7) is 0.779. The molecule has 1 saturated carbocycles. The number of halogens is 1. The number of rotatable bonds is 6. The zero-order chi connectivity index (χ0) is 20.9. The predicted molar refractivity (Wildman–Crippen MR) is 119 cm³/mol. The van der Waals surface area contributed by atoms with Crippen molar-refractivity contribution < 1.29 is 9.18 Å². The van der Waals surface area contributed by atoms with Gasteiger partial charge in [-0.15, -0.1) is 0 Å². The topological polar surface area (TPSA) is 68.0 Å². The molecule has 0 unspecified atom stereocenters. The summed E-state index contributed by atoms with van der Waals surface area (Å²) in [5, 5.41) is 4.01. The summed E-state index contributed by atoms with van der Waals surface area (Å²) >= 11 is 0. The van der Waals surface area contributed by atoms with Crippen molar-refractivity contribution in [2.45, 2.75) is 44.9 Å². The third-order valence-electron chi connectivity index (χ3n) is 6.02. The molecule has 0 saturated heterocycles. The van der Waals surface area contributed by atoms with Gasteiger partial charge in [-0.25, -0.2) is 9.37 Å². The average molecular weight is 406 g/mol. The van der Waals surface area contributed by atoms with Crippen molar-refractivity contribution in [1.82, 2.24) is 10.3 Å². The third kappa shape index (κ3) is 4.96. The van der Waals surface area contributed by atoms with Crippen LogP contribution in [0.25, 0.3) is 22.0 Å². The second kappa shape index (κ2) is 9.24. The van der Waals surface area contributed by atoms with Crippen LogP contribution in [0.15, 0.2) is 48.5 Å². The molecular formula is C25H28FN3O. The van der Waals surface area contributed by atoms with E-state index >= 15 is 0 Å². The van der Waals surface area contributed by atoms with E-state index in [0.717, 1.165) is 34.1 Å². The largest absolute Gasteiger partial charge is 0.383 e. The van der Waals surface area contributed by atoms with Crippen molar-refractivity contribution in [3.63, 3.8) is 0 Å². The number of hydrogen-bond donors (Lipinski definition) is 2. The number of nitrogens with two attached hydrogens (primary N) is 1. The Hall–Kier alpha value is -2.95. The normalized spacial score (nSPS) is 14.7. The van der Waals surface area contributed by atoms with Crippen molar-refractivity contribution in [2.24, 2.45) is 5.92 Å². The summed E-state index contributed by atoms with van der Waals surface area (Å²) in [4.78, 5) is 16.8. The number of aromatic nitrogens is 1. The molecule has 1 heterocycles. The monoisotopic (exact) mass is 405 g/mol. The molecule has 1 amide bonds. The van der Waals surface area contributed by atoms with E-state index in [0.29, 0.717) is 24.6 Å². The number of hydrogen-bond acceptors (Lipinski definition) is 3. The number of aryl methyl sites for hydroxylation is 1. The molecule has 156 valence electrons. The fourth-order valence-electron chi connectivity index (χ4n) is 4.27. The summed E-state index contributed by atoms with van der Waals surface area (Å²) in [6.07, 6.45) is 7.25. The minimum atomic E-state index is -0.261. The van der Waals surface area contributed by atoms with Gasteiger partial charge in [0.25, 0.3) is 0 Å². The van der Waals surface area contributed by atoms with E-state index in [4.69, 9.17) is 5.73 Å². The smallest absolute Gasteiger partial charge is 0.220 e. The fourth-order valence-corrected chi connectivity index (χ4v) is 4.27. The van der Waals surface area contributed by atoms with Crippen LogP contribution in [0, 0.1) is 11.7 Å². The lowest BCUT2D eigenvalue weighted by Gasteiger charge is -2.21. The molecule has 1 aliphatic carbocycles. The number of carbonyl (C=O) groups is 1. The van der Waals surface area contributed by atoms with E-state index in [9.17, 15) is 9.18 Å². The van der Waals surface area contributed by atoms with Crippen LogP contribution < -0.4 is 11.1 Å². The molecule has 2 aromatic carbocycles. The molecule has 3 N–H and O–H groups in total. The highest BCUT2D eigenvalue weighted by Gasteiger charge is 2.15. The molecule has 0 aliphatic heterocycles. The second-order valence-electron chi connectivity index (χ2n) is 8.26. The molecule has 5 heteroatoms. The summed E-state index contributed by atoms with van der Waals surface area (Å²) in [5.41, 5.74) is 9.54.